The molecule has 0 unspecified atom stereocenters. The number of carbonyl (C=O) groups is 1. The summed E-state index contributed by atoms with van der Waals surface area (Å²) in [5, 5.41) is 4.57. The van der Waals surface area contributed by atoms with Gasteiger partial charge in [0.1, 0.15) is 0 Å². The van der Waals surface area contributed by atoms with Gasteiger partial charge in [0.15, 0.2) is 0 Å². The van der Waals surface area contributed by atoms with Crippen molar-refractivity contribution in [3.63, 3.8) is 0 Å². The maximum absolute atomic E-state index is 12.5. The molecule has 5 heteroatoms. The SMILES string of the molecule is CC1(C)[C@H]2CC[C@@]1(C)/C(=N/NC(=O)c1ccc(C3SCCCS3)cc1)C2. The lowest BCUT2D eigenvalue weighted by atomic mass is 9.70. The van der Waals surface area contributed by atoms with E-state index in [9.17, 15) is 4.79 Å². The molecule has 3 fully saturated rings. The van der Waals surface area contributed by atoms with Gasteiger partial charge in [0.2, 0.25) is 0 Å². The van der Waals surface area contributed by atoms with Crippen LogP contribution in [0.25, 0.3) is 0 Å². The van der Waals surface area contributed by atoms with Crippen LogP contribution in [0.2, 0.25) is 0 Å². The summed E-state index contributed by atoms with van der Waals surface area (Å²) in [6.07, 6.45) is 4.79. The van der Waals surface area contributed by atoms with Crippen LogP contribution in [0, 0.1) is 16.7 Å². The van der Waals surface area contributed by atoms with Crippen LogP contribution in [0.4, 0.5) is 0 Å². The molecule has 1 aromatic carbocycles. The number of nitrogens with one attached hydrogen (secondary N) is 1. The molecular weight excluding hydrogens is 360 g/mol. The quantitative estimate of drug-likeness (QED) is 0.696. The second kappa shape index (κ2) is 6.90. The Morgan fingerprint density at radius 1 is 1.15 bits per heavy atom. The maximum atomic E-state index is 12.5. The third-order valence-electron chi connectivity index (χ3n) is 7.08. The first-order chi connectivity index (χ1) is 12.4. The summed E-state index contributed by atoms with van der Waals surface area (Å²) >= 11 is 4.01. The monoisotopic (exact) mass is 388 g/mol. The average Bonchev–Trinajstić information content (AvgIpc) is 3.00. The Morgan fingerprint density at radius 2 is 1.85 bits per heavy atom. The zero-order valence-corrected chi connectivity index (χ0v) is 17.5. The van der Waals surface area contributed by atoms with E-state index in [4.69, 9.17) is 0 Å². The van der Waals surface area contributed by atoms with Crippen molar-refractivity contribution < 1.29 is 4.79 Å². The van der Waals surface area contributed by atoms with Gasteiger partial charge in [0, 0.05) is 16.7 Å². The maximum Gasteiger partial charge on any atom is 0.271 e. The molecule has 2 saturated carbocycles. The molecule has 140 valence electrons. The fourth-order valence-corrected chi connectivity index (χ4v) is 7.65. The van der Waals surface area contributed by atoms with E-state index >= 15 is 0 Å². The summed E-state index contributed by atoms with van der Waals surface area (Å²) in [7, 11) is 0. The van der Waals surface area contributed by atoms with Gasteiger partial charge in [-0.05, 0) is 66.2 Å². The minimum Gasteiger partial charge on any atom is -0.267 e. The van der Waals surface area contributed by atoms with E-state index in [1.807, 2.05) is 35.7 Å². The van der Waals surface area contributed by atoms with Gasteiger partial charge in [-0.25, -0.2) is 5.43 Å². The first kappa shape index (κ1) is 18.4. The first-order valence-electron chi connectivity index (χ1n) is 9.62. The predicted molar refractivity (Wildman–Crippen MR) is 113 cm³/mol. The Hall–Kier alpha value is -0.940. The van der Waals surface area contributed by atoms with E-state index in [-0.39, 0.29) is 16.7 Å². The fraction of sp³-hybridized carbons (Fsp3) is 0.619. The molecule has 4 rings (SSSR count). The van der Waals surface area contributed by atoms with Crippen LogP contribution in [0.5, 0.6) is 0 Å². The number of hydrogen-bond donors (Lipinski definition) is 1. The number of rotatable bonds is 3. The van der Waals surface area contributed by atoms with Crippen LogP contribution in [0.1, 0.15) is 67.0 Å². The Morgan fingerprint density at radius 3 is 2.42 bits per heavy atom. The zero-order valence-electron chi connectivity index (χ0n) is 15.9. The second-order valence-corrected chi connectivity index (χ2v) is 11.3. The highest BCUT2D eigenvalue weighted by Gasteiger charge is 2.60. The number of carbonyl (C=O) groups excluding carboxylic acids is 1. The predicted octanol–water partition coefficient (Wildman–Crippen LogP) is 5.49. The van der Waals surface area contributed by atoms with Crippen molar-refractivity contribution in [2.24, 2.45) is 21.8 Å². The molecule has 1 aromatic rings. The van der Waals surface area contributed by atoms with Crippen molar-refractivity contribution in [2.75, 3.05) is 11.5 Å². The van der Waals surface area contributed by atoms with E-state index in [1.54, 1.807) is 0 Å². The van der Waals surface area contributed by atoms with Crippen LogP contribution < -0.4 is 5.43 Å². The van der Waals surface area contributed by atoms with Crippen molar-refractivity contribution in [3.8, 4) is 0 Å². The van der Waals surface area contributed by atoms with Crippen LogP contribution in [-0.2, 0) is 0 Å². The van der Waals surface area contributed by atoms with E-state index < -0.39 is 0 Å². The summed E-state index contributed by atoms with van der Waals surface area (Å²) in [5.41, 5.74) is 6.42. The molecule has 0 aromatic heterocycles. The summed E-state index contributed by atoms with van der Waals surface area (Å²) in [4.78, 5) is 12.5. The van der Waals surface area contributed by atoms with Gasteiger partial charge in [0.25, 0.3) is 5.91 Å². The third kappa shape index (κ3) is 3.01. The van der Waals surface area contributed by atoms with E-state index in [1.165, 1.54) is 42.0 Å². The Bertz CT molecular complexity index is 722. The zero-order chi connectivity index (χ0) is 18.4. The number of fused-ring (bicyclic) bond motifs is 2. The first-order valence-corrected chi connectivity index (χ1v) is 11.7. The molecule has 1 saturated heterocycles. The summed E-state index contributed by atoms with van der Waals surface area (Å²) in [6.45, 7) is 7.03. The Kier molecular flexibility index (Phi) is 4.89. The normalized spacial score (nSPS) is 32.1. The van der Waals surface area contributed by atoms with Gasteiger partial charge < -0.3 is 0 Å². The van der Waals surface area contributed by atoms with Crippen molar-refractivity contribution in [2.45, 2.75) is 51.0 Å². The number of hydrazone groups is 1. The molecule has 1 aliphatic heterocycles. The molecule has 3 nitrogen and oxygen atoms in total. The molecule has 2 atom stereocenters. The lowest BCUT2D eigenvalue weighted by Gasteiger charge is -2.34. The average molecular weight is 389 g/mol. The topological polar surface area (TPSA) is 41.5 Å². The molecule has 1 amide bonds. The molecule has 0 spiro atoms. The summed E-state index contributed by atoms with van der Waals surface area (Å²) in [5.74, 6) is 3.06. The van der Waals surface area contributed by atoms with Gasteiger partial charge >= 0.3 is 0 Å². The number of hydrogen-bond acceptors (Lipinski definition) is 4. The lowest BCUT2D eigenvalue weighted by Crippen LogP contribution is -2.34. The molecular formula is C21H28N2OS2. The van der Waals surface area contributed by atoms with E-state index in [0.29, 0.717) is 16.1 Å². The van der Waals surface area contributed by atoms with Crippen molar-refractivity contribution in [1.29, 1.82) is 0 Å². The van der Waals surface area contributed by atoms with Gasteiger partial charge in [-0.2, -0.15) is 5.10 Å². The minimum atomic E-state index is -0.0998. The van der Waals surface area contributed by atoms with Crippen LogP contribution in [0.15, 0.2) is 29.4 Å². The standard InChI is InChI=1S/C21H28N2OS2/c1-20(2)16-9-10-21(20,3)17(13-16)22-23-18(24)14-5-7-15(8-6-14)19-25-11-4-12-26-19/h5-8,16,19H,4,9-13H2,1-3H3,(H,23,24)/b22-17+/t16-,21-/m0/s1. The molecule has 0 radical (unpaired) electrons. The highest BCUT2D eigenvalue weighted by Crippen LogP contribution is 2.63. The van der Waals surface area contributed by atoms with Crippen LogP contribution >= 0.6 is 23.5 Å². The Balaban J connectivity index is 1.43. The molecule has 2 aliphatic carbocycles. The molecule has 2 bridgehead atoms. The number of benzene rings is 1. The third-order valence-corrected chi connectivity index (χ3v) is 10.1. The highest BCUT2D eigenvalue weighted by molar-refractivity contribution is 8.16. The van der Waals surface area contributed by atoms with Gasteiger partial charge in [-0.1, -0.05) is 32.9 Å². The van der Waals surface area contributed by atoms with Crippen LogP contribution in [-0.4, -0.2) is 23.1 Å². The van der Waals surface area contributed by atoms with Crippen molar-refractivity contribution in [3.05, 3.63) is 35.4 Å². The molecule has 1 N–H and O–H groups in total. The molecule has 1 heterocycles. The minimum absolute atomic E-state index is 0.0998. The smallest absolute Gasteiger partial charge is 0.267 e. The summed E-state index contributed by atoms with van der Waals surface area (Å²) in [6, 6.07) is 8.07. The second-order valence-electron chi connectivity index (χ2n) is 8.54. The van der Waals surface area contributed by atoms with Crippen molar-refractivity contribution >= 4 is 35.1 Å². The van der Waals surface area contributed by atoms with Gasteiger partial charge in [0.05, 0.1) is 4.58 Å². The Labute approximate surface area is 165 Å². The van der Waals surface area contributed by atoms with E-state index in [2.05, 4.69) is 43.4 Å². The fourth-order valence-electron chi connectivity index (χ4n) is 4.75. The van der Waals surface area contributed by atoms with Gasteiger partial charge in [-0.3, -0.25) is 4.79 Å². The van der Waals surface area contributed by atoms with Crippen molar-refractivity contribution in [1.82, 2.24) is 5.43 Å². The molecule has 3 aliphatic rings. The lowest BCUT2D eigenvalue weighted by molar-refractivity contribution is 0.0954. The number of nitrogens with zero attached hydrogens (tertiary/aromatic N) is 1. The van der Waals surface area contributed by atoms with Gasteiger partial charge in [-0.15, -0.1) is 23.5 Å². The number of amides is 1. The molecule has 26 heavy (non-hydrogen) atoms. The van der Waals surface area contributed by atoms with Crippen LogP contribution in [0.3, 0.4) is 0 Å². The summed E-state index contributed by atoms with van der Waals surface area (Å²) < 4.78 is 0.511. The highest BCUT2D eigenvalue weighted by atomic mass is 32.2. The largest absolute Gasteiger partial charge is 0.271 e. The van der Waals surface area contributed by atoms with E-state index in [0.717, 1.165) is 6.42 Å². The number of thioether (sulfide) groups is 2.